The first-order valence-corrected chi connectivity index (χ1v) is 31.6. The lowest BCUT2D eigenvalue weighted by atomic mass is 10.4. The molecule has 0 amide bonds. The fourth-order valence-corrected chi connectivity index (χ4v) is 16.3. The standard InChI is InChI=1S/C18H50O9P2Si5/c1-30(2,3)22-17-18(23-29(20,26-33(10,11)12)27-34(13,14)15)16-21-28(19,24-31(4,5)6)25-32(7,8)9/h18H,16-17H2,1-15H3. The number of hydrogen-bond donors (Lipinski definition) is 0. The smallest absolute Gasteiger partial charge is 0.415 e. The summed E-state index contributed by atoms with van der Waals surface area (Å²) in [6.07, 6.45) is -0.853. The first-order chi connectivity index (χ1) is 14.6. The third-order valence-corrected chi connectivity index (χ3v) is 17.3. The van der Waals surface area contributed by atoms with Crippen molar-refractivity contribution in [2.24, 2.45) is 0 Å². The lowest BCUT2D eigenvalue weighted by molar-refractivity contribution is 0.0456. The van der Waals surface area contributed by atoms with Crippen molar-refractivity contribution in [2.45, 2.75) is 104 Å². The Bertz CT molecular complexity index is 695. The van der Waals surface area contributed by atoms with Gasteiger partial charge in [0.2, 0.25) is 0 Å². The van der Waals surface area contributed by atoms with E-state index in [1.165, 1.54) is 0 Å². The average molecular weight is 613 g/mol. The van der Waals surface area contributed by atoms with Gasteiger partial charge in [-0.15, -0.1) is 0 Å². The molecule has 0 aliphatic heterocycles. The molecule has 0 aromatic carbocycles. The lowest BCUT2D eigenvalue weighted by Gasteiger charge is -2.34. The number of rotatable bonds is 16. The minimum absolute atomic E-state index is 0.0870. The molecule has 0 N–H and O–H groups in total. The second kappa shape index (κ2) is 12.4. The van der Waals surface area contributed by atoms with Crippen molar-refractivity contribution in [3.8, 4) is 0 Å². The SMILES string of the molecule is C[Si](C)(C)OCC(COP(=O)(O[Si](C)(C)C)O[Si](C)(C)C)OP(=O)(O[Si](C)(C)C)O[Si](C)(C)C. The number of hydrogen-bond acceptors (Lipinski definition) is 9. The Hall–Kier alpha value is 1.26. The van der Waals surface area contributed by atoms with Crippen molar-refractivity contribution in [1.82, 2.24) is 0 Å². The van der Waals surface area contributed by atoms with Gasteiger partial charge in [-0.25, -0.2) is 9.13 Å². The summed E-state index contributed by atoms with van der Waals surface area (Å²) in [5, 5.41) is 0. The summed E-state index contributed by atoms with van der Waals surface area (Å²) < 4.78 is 68.7. The lowest BCUT2D eigenvalue weighted by Crippen LogP contribution is -2.37. The van der Waals surface area contributed by atoms with Gasteiger partial charge in [0.25, 0.3) is 0 Å². The van der Waals surface area contributed by atoms with Crippen LogP contribution in [0.4, 0.5) is 0 Å². The Kier molecular flexibility index (Phi) is 12.9. The molecule has 0 spiro atoms. The van der Waals surface area contributed by atoms with Crippen LogP contribution in [0.25, 0.3) is 0 Å². The molecule has 34 heavy (non-hydrogen) atoms. The zero-order chi connectivity index (χ0) is 27.4. The third-order valence-electron chi connectivity index (χ3n) is 2.94. The molecule has 16 heteroatoms. The maximum absolute atomic E-state index is 13.7. The summed E-state index contributed by atoms with van der Waals surface area (Å²) in [7, 11) is -18.9. The molecule has 0 radical (unpaired) electrons. The Morgan fingerprint density at radius 1 is 0.500 bits per heavy atom. The zero-order valence-electron chi connectivity index (χ0n) is 24.1. The normalized spacial score (nSPS) is 16.1. The first-order valence-electron chi connectivity index (χ1n) is 11.6. The van der Waals surface area contributed by atoms with E-state index in [-0.39, 0.29) is 13.2 Å². The molecule has 1 atom stereocenters. The highest BCUT2D eigenvalue weighted by atomic mass is 31.2. The van der Waals surface area contributed by atoms with Crippen LogP contribution in [0.15, 0.2) is 0 Å². The van der Waals surface area contributed by atoms with Gasteiger partial charge < -0.3 is 21.3 Å². The van der Waals surface area contributed by atoms with Gasteiger partial charge in [0, 0.05) is 0 Å². The summed E-state index contributed by atoms with van der Waals surface area (Å²) in [5.41, 5.74) is 0. The molecule has 0 aromatic rings. The molecule has 0 aromatic heterocycles. The van der Waals surface area contributed by atoms with E-state index in [0.717, 1.165) is 0 Å². The molecule has 9 nitrogen and oxygen atoms in total. The molecule has 206 valence electrons. The predicted octanol–water partition coefficient (Wildman–Crippen LogP) is 7.86. The maximum Gasteiger partial charge on any atom is 0.455 e. The van der Waals surface area contributed by atoms with Crippen LogP contribution in [-0.4, -0.2) is 60.9 Å². The second-order valence-electron chi connectivity index (χ2n) is 13.2. The van der Waals surface area contributed by atoms with Crippen LogP contribution >= 0.6 is 15.6 Å². The Balaban J connectivity index is 5.98. The molecular weight excluding hydrogens is 563 g/mol. The van der Waals surface area contributed by atoms with Crippen LogP contribution in [0.5, 0.6) is 0 Å². The maximum atomic E-state index is 13.7. The Morgan fingerprint density at radius 2 is 0.824 bits per heavy atom. The quantitative estimate of drug-likeness (QED) is 0.127. The minimum atomic E-state index is -3.94. The molecule has 0 rings (SSSR count). The van der Waals surface area contributed by atoms with E-state index < -0.39 is 63.3 Å². The first kappa shape index (κ1) is 35.3. The van der Waals surface area contributed by atoms with Crippen LogP contribution in [-0.2, 0) is 39.5 Å². The van der Waals surface area contributed by atoms with Gasteiger partial charge >= 0.3 is 15.6 Å². The number of phosphoric acid groups is 2. The molecule has 0 heterocycles. The zero-order valence-corrected chi connectivity index (χ0v) is 30.8. The van der Waals surface area contributed by atoms with Gasteiger partial charge in [-0.2, -0.15) is 0 Å². The molecular formula is C18H50O9P2Si5. The molecule has 0 saturated heterocycles. The van der Waals surface area contributed by atoms with Crippen LogP contribution in [0, 0.1) is 0 Å². The van der Waals surface area contributed by atoms with Crippen molar-refractivity contribution >= 4 is 57.2 Å². The molecule has 0 bridgehead atoms. The van der Waals surface area contributed by atoms with E-state index in [2.05, 4.69) is 0 Å². The van der Waals surface area contributed by atoms with Crippen LogP contribution in [0.2, 0.25) is 98.2 Å². The van der Waals surface area contributed by atoms with Crippen molar-refractivity contribution in [3.05, 3.63) is 0 Å². The van der Waals surface area contributed by atoms with E-state index in [4.69, 9.17) is 30.3 Å². The van der Waals surface area contributed by atoms with Gasteiger partial charge in [0.15, 0.2) is 41.6 Å². The molecule has 0 saturated carbocycles. The van der Waals surface area contributed by atoms with E-state index in [1.54, 1.807) is 0 Å². The van der Waals surface area contributed by atoms with Gasteiger partial charge in [-0.1, -0.05) is 0 Å². The molecule has 0 aliphatic carbocycles. The minimum Gasteiger partial charge on any atom is -0.415 e. The highest BCUT2D eigenvalue weighted by Gasteiger charge is 2.43. The molecule has 0 fully saturated rings. The van der Waals surface area contributed by atoms with Crippen LogP contribution < -0.4 is 0 Å². The van der Waals surface area contributed by atoms with Crippen LogP contribution in [0.3, 0.4) is 0 Å². The summed E-state index contributed by atoms with van der Waals surface area (Å²) in [6, 6.07) is 0. The monoisotopic (exact) mass is 612 g/mol. The third kappa shape index (κ3) is 19.4. The van der Waals surface area contributed by atoms with Crippen molar-refractivity contribution in [3.63, 3.8) is 0 Å². The molecule has 0 aliphatic rings. The summed E-state index contributed by atoms with van der Waals surface area (Å²) in [6.45, 7) is 29.0. The van der Waals surface area contributed by atoms with E-state index in [9.17, 15) is 9.13 Å². The fraction of sp³-hybridized carbons (Fsp3) is 1.00. The Labute approximate surface area is 213 Å². The molecule has 1 unspecified atom stereocenters. The van der Waals surface area contributed by atoms with Crippen molar-refractivity contribution in [1.29, 1.82) is 0 Å². The summed E-state index contributed by atoms with van der Waals surface area (Å²) in [5.74, 6) is 0. The topological polar surface area (TPSA) is 98.8 Å². The summed E-state index contributed by atoms with van der Waals surface area (Å²) in [4.78, 5) is 0. The average Bonchev–Trinajstić information content (AvgIpc) is 2.40. The van der Waals surface area contributed by atoms with Gasteiger partial charge in [0.05, 0.1) is 13.2 Å². The highest BCUT2D eigenvalue weighted by molar-refractivity contribution is 7.52. The Morgan fingerprint density at radius 3 is 1.12 bits per heavy atom. The largest absolute Gasteiger partial charge is 0.455 e. The second-order valence-corrected chi connectivity index (χ2v) is 39.7. The van der Waals surface area contributed by atoms with E-state index >= 15 is 0 Å². The van der Waals surface area contributed by atoms with E-state index in [1.807, 2.05) is 98.2 Å². The van der Waals surface area contributed by atoms with Gasteiger partial charge in [-0.3, -0.25) is 9.05 Å². The fourth-order valence-electron chi connectivity index (χ4n) is 2.28. The van der Waals surface area contributed by atoms with Crippen molar-refractivity contribution in [2.75, 3.05) is 13.2 Å². The van der Waals surface area contributed by atoms with Crippen molar-refractivity contribution < 1.29 is 39.5 Å². The summed E-state index contributed by atoms with van der Waals surface area (Å²) >= 11 is 0. The van der Waals surface area contributed by atoms with E-state index in [0.29, 0.717) is 0 Å². The highest BCUT2D eigenvalue weighted by Crippen LogP contribution is 2.57. The predicted molar refractivity (Wildman–Crippen MR) is 153 cm³/mol. The van der Waals surface area contributed by atoms with Gasteiger partial charge in [-0.05, 0) is 98.2 Å². The van der Waals surface area contributed by atoms with Crippen LogP contribution in [0.1, 0.15) is 0 Å². The van der Waals surface area contributed by atoms with Gasteiger partial charge in [0.1, 0.15) is 6.10 Å².